The first-order valence-corrected chi connectivity index (χ1v) is 11.5. The number of ether oxygens (including phenoxy) is 1. The number of amides is 1. The number of fused-ring (bicyclic) bond motifs is 3. The lowest BCUT2D eigenvalue weighted by molar-refractivity contribution is 0.0996. The van der Waals surface area contributed by atoms with Gasteiger partial charge in [0.25, 0.3) is 5.91 Å². The van der Waals surface area contributed by atoms with Crippen molar-refractivity contribution in [3.63, 3.8) is 0 Å². The van der Waals surface area contributed by atoms with Gasteiger partial charge in [-0.05, 0) is 41.5 Å². The zero-order chi connectivity index (χ0) is 22.0. The summed E-state index contributed by atoms with van der Waals surface area (Å²) in [5, 5.41) is 2.36. The molecule has 0 bridgehead atoms. The van der Waals surface area contributed by atoms with Gasteiger partial charge in [-0.15, -0.1) is 0 Å². The molecule has 0 unspecified atom stereocenters. The Morgan fingerprint density at radius 2 is 1.77 bits per heavy atom. The van der Waals surface area contributed by atoms with Crippen LogP contribution in [0.4, 0.5) is 0 Å². The molecule has 0 fully saturated rings. The second kappa shape index (κ2) is 8.77. The van der Waals surface area contributed by atoms with Crippen LogP contribution in [0.3, 0.4) is 0 Å². The topological polar surface area (TPSA) is 43.6 Å². The average molecular weight is 433 g/mol. The van der Waals surface area contributed by atoms with Crippen LogP contribution in [0, 0.1) is 0 Å². The van der Waals surface area contributed by atoms with Gasteiger partial charge in [-0.1, -0.05) is 74.6 Å². The van der Waals surface area contributed by atoms with Crippen molar-refractivity contribution in [3.8, 4) is 0 Å². The van der Waals surface area contributed by atoms with Crippen molar-refractivity contribution in [2.75, 3.05) is 13.2 Å². The molecule has 31 heavy (non-hydrogen) atoms. The summed E-state index contributed by atoms with van der Waals surface area (Å²) in [7, 11) is 0. The second-order valence-electron chi connectivity index (χ2n) is 8.61. The Morgan fingerprint density at radius 3 is 2.48 bits per heavy atom. The molecule has 0 saturated carbocycles. The fourth-order valence-electron chi connectivity index (χ4n) is 3.66. The number of rotatable bonds is 5. The normalized spacial score (nSPS) is 12.7. The monoisotopic (exact) mass is 432 g/mol. The zero-order valence-corrected chi connectivity index (χ0v) is 19.3. The number of benzene rings is 3. The van der Waals surface area contributed by atoms with Gasteiger partial charge in [0.15, 0.2) is 4.80 Å². The minimum atomic E-state index is -0.221. The third kappa shape index (κ3) is 4.48. The summed E-state index contributed by atoms with van der Waals surface area (Å²) in [5.41, 5.74) is 2.93. The van der Waals surface area contributed by atoms with Crippen LogP contribution in [-0.4, -0.2) is 23.7 Å². The summed E-state index contributed by atoms with van der Waals surface area (Å²) in [6, 6.07) is 20.3. The van der Waals surface area contributed by atoms with Crippen molar-refractivity contribution in [2.24, 2.45) is 4.99 Å². The van der Waals surface area contributed by atoms with Crippen molar-refractivity contribution in [1.82, 2.24) is 4.57 Å². The van der Waals surface area contributed by atoms with E-state index in [0.717, 1.165) is 10.2 Å². The van der Waals surface area contributed by atoms with Gasteiger partial charge in [-0.2, -0.15) is 4.99 Å². The average Bonchev–Trinajstić information content (AvgIpc) is 3.11. The van der Waals surface area contributed by atoms with Gasteiger partial charge in [0.1, 0.15) is 0 Å². The molecule has 4 rings (SSSR count). The predicted molar refractivity (Wildman–Crippen MR) is 129 cm³/mol. The molecule has 5 heteroatoms. The number of carbonyl (C=O) groups excluding carboxylic acids is 1. The van der Waals surface area contributed by atoms with Crippen LogP contribution in [0.1, 0.15) is 43.6 Å². The van der Waals surface area contributed by atoms with E-state index in [2.05, 4.69) is 54.6 Å². The summed E-state index contributed by atoms with van der Waals surface area (Å²) < 4.78 is 8.83. The van der Waals surface area contributed by atoms with Crippen molar-refractivity contribution in [1.29, 1.82) is 0 Å². The number of thiazole rings is 1. The first-order valence-electron chi connectivity index (χ1n) is 10.7. The highest BCUT2D eigenvalue weighted by Gasteiger charge is 2.15. The number of aromatic nitrogens is 1. The first-order chi connectivity index (χ1) is 14.9. The molecule has 1 heterocycles. The minimum absolute atomic E-state index is 0.0492. The molecule has 0 radical (unpaired) electrons. The molecule has 0 aliphatic heterocycles. The molecule has 3 aromatic carbocycles. The van der Waals surface area contributed by atoms with Crippen LogP contribution in [0.2, 0.25) is 0 Å². The summed E-state index contributed by atoms with van der Waals surface area (Å²) in [6.07, 6.45) is 0. The van der Waals surface area contributed by atoms with Crippen LogP contribution in [0.15, 0.2) is 65.7 Å². The van der Waals surface area contributed by atoms with E-state index in [0.29, 0.717) is 30.1 Å². The van der Waals surface area contributed by atoms with Gasteiger partial charge in [0.05, 0.1) is 16.8 Å². The van der Waals surface area contributed by atoms with Crippen molar-refractivity contribution in [3.05, 3.63) is 76.6 Å². The van der Waals surface area contributed by atoms with Crippen LogP contribution in [0.5, 0.6) is 0 Å². The maximum atomic E-state index is 13.0. The van der Waals surface area contributed by atoms with E-state index in [9.17, 15) is 4.79 Å². The van der Waals surface area contributed by atoms with Gasteiger partial charge in [0, 0.05) is 24.1 Å². The molecule has 0 saturated heterocycles. The SMILES string of the molecule is CCOCCn1c(=NC(=O)c2ccc(C(C)(C)C)cc2)sc2c3ccccc3ccc21. The van der Waals surface area contributed by atoms with Crippen molar-refractivity contribution < 1.29 is 9.53 Å². The molecule has 4 aromatic rings. The van der Waals surface area contributed by atoms with Crippen molar-refractivity contribution >= 4 is 38.2 Å². The molecule has 4 nitrogen and oxygen atoms in total. The Kier molecular flexibility index (Phi) is 6.08. The summed E-state index contributed by atoms with van der Waals surface area (Å²) in [6.45, 7) is 10.4. The highest BCUT2D eigenvalue weighted by atomic mass is 32.1. The Balaban J connectivity index is 1.80. The molecule has 0 aliphatic rings. The third-order valence-corrected chi connectivity index (χ3v) is 6.56. The van der Waals surface area contributed by atoms with Crippen molar-refractivity contribution in [2.45, 2.75) is 39.7 Å². The highest BCUT2D eigenvalue weighted by molar-refractivity contribution is 7.17. The number of hydrogen-bond donors (Lipinski definition) is 0. The van der Waals surface area contributed by atoms with E-state index in [4.69, 9.17) is 4.74 Å². The van der Waals surface area contributed by atoms with Gasteiger partial charge in [-0.3, -0.25) is 4.79 Å². The quantitative estimate of drug-likeness (QED) is 0.367. The largest absolute Gasteiger partial charge is 0.380 e. The number of nitrogens with zero attached hydrogens (tertiary/aromatic N) is 2. The molecule has 0 atom stereocenters. The maximum Gasteiger partial charge on any atom is 0.279 e. The van der Waals surface area contributed by atoms with Crippen LogP contribution in [-0.2, 0) is 16.7 Å². The molecule has 0 aliphatic carbocycles. The van der Waals surface area contributed by atoms with E-state index in [1.165, 1.54) is 16.3 Å². The van der Waals surface area contributed by atoms with E-state index >= 15 is 0 Å². The van der Waals surface area contributed by atoms with Gasteiger partial charge in [0.2, 0.25) is 0 Å². The predicted octanol–water partition coefficient (Wildman–Crippen LogP) is 5.93. The lowest BCUT2D eigenvalue weighted by Gasteiger charge is -2.18. The van der Waals surface area contributed by atoms with E-state index < -0.39 is 0 Å². The zero-order valence-electron chi connectivity index (χ0n) is 18.5. The summed E-state index contributed by atoms with van der Waals surface area (Å²) >= 11 is 1.56. The Hall–Kier alpha value is -2.76. The fraction of sp³-hybridized carbons (Fsp3) is 0.308. The lowest BCUT2D eigenvalue weighted by Crippen LogP contribution is -2.19. The van der Waals surface area contributed by atoms with Crippen LogP contribution < -0.4 is 4.80 Å². The molecular formula is C26H28N2O2S. The van der Waals surface area contributed by atoms with Gasteiger partial charge in [-0.25, -0.2) is 0 Å². The van der Waals surface area contributed by atoms with Crippen LogP contribution in [0.25, 0.3) is 21.0 Å². The molecule has 160 valence electrons. The van der Waals surface area contributed by atoms with Gasteiger partial charge >= 0.3 is 0 Å². The van der Waals surface area contributed by atoms with E-state index in [1.807, 2.05) is 43.3 Å². The molecule has 0 spiro atoms. The lowest BCUT2D eigenvalue weighted by atomic mass is 9.87. The summed E-state index contributed by atoms with van der Waals surface area (Å²) in [4.78, 5) is 18.2. The number of hydrogen-bond acceptors (Lipinski definition) is 3. The molecule has 0 N–H and O–H groups in total. The van der Waals surface area contributed by atoms with Gasteiger partial charge < -0.3 is 9.30 Å². The molecular weight excluding hydrogens is 404 g/mol. The van der Waals surface area contributed by atoms with E-state index in [1.54, 1.807) is 11.3 Å². The Morgan fingerprint density at radius 1 is 1.03 bits per heavy atom. The number of carbonyl (C=O) groups is 1. The third-order valence-electron chi connectivity index (χ3n) is 5.43. The smallest absolute Gasteiger partial charge is 0.279 e. The molecule has 1 amide bonds. The minimum Gasteiger partial charge on any atom is -0.380 e. The highest BCUT2D eigenvalue weighted by Crippen LogP contribution is 2.28. The second-order valence-corrected chi connectivity index (χ2v) is 9.59. The first kappa shape index (κ1) is 21.5. The maximum absolute atomic E-state index is 13.0. The standard InChI is InChI=1S/C26H28N2O2S/c1-5-30-17-16-28-22-15-12-18-8-6-7-9-21(18)23(22)31-25(28)27-24(29)19-10-13-20(14-11-19)26(2,3)4/h6-15H,5,16-17H2,1-4H3. The van der Waals surface area contributed by atoms with Crippen LogP contribution >= 0.6 is 11.3 Å². The summed E-state index contributed by atoms with van der Waals surface area (Å²) in [5.74, 6) is -0.221. The molecule has 1 aromatic heterocycles. The Bertz CT molecular complexity index is 1290. The Labute approximate surface area is 186 Å². The fourth-order valence-corrected chi connectivity index (χ4v) is 4.85. The van der Waals surface area contributed by atoms with E-state index in [-0.39, 0.29) is 11.3 Å².